The van der Waals surface area contributed by atoms with Crippen LogP contribution in [0.1, 0.15) is 45.4 Å². The van der Waals surface area contributed by atoms with Crippen molar-refractivity contribution in [2.45, 2.75) is 45.4 Å². The highest BCUT2D eigenvalue weighted by atomic mass is 16.1. The summed E-state index contributed by atoms with van der Waals surface area (Å²) in [6, 6.07) is 0. The van der Waals surface area contributed by atoms with Gasteiger partial charge in [0.05, 0.1) is 5.92 Å². The Morgan fingerprint density at radius 1 is 1.50 bits per heavy atom. The van der Waals surface area contributed by atoms with Gasteiger partial charge in [-0.3, -0.25) is 4.79 Å². The molecule has 2 fully saturated rings. The van der Waals surface area contributed by atoms with Gasteiger partial charge in [-0.2, -0.15) is 0 Å². The third-order valence-electron chi connectivity index (χ3n) is 4.04. The van der Waals surface area contributed by atoms with Gasteiger partial charge in [0.1, 0.15) is 0 Å². The molecule has 2 N–H and O–H groups in total. The third kappa shape index (κ3) is 2.97. The molecule has 0 aromatic rings. The molecule has 3 heteroatoms. The molecule has 0 aromatic carbocycles. The molecule has 2 rings (SSSR count). The average molecular weight is 224 g/mol. The fourth-order valence-corrected chi connectivity index (χ4v) is 2.72. The first-order valence-electron chi connectivity index (χ1n) is 6.74. The molecule has 1 saturated heterocycles. The van der Waals surface area contributed by atoms with E-state index in [2.05, 4.69) is 17.6 Å². The Morgan fingerprint density at radius 3 is 2.88 bits per heavy atom. The van der Waals surface area contributed by atoms with Crippen LogP contribution in [0.5, 0.6) is 0 Å². The fraction of sp³-hybridized carbons (Fsp3) is 0.923. The van der Waals surface area contributed by atoms with E-state index in [-0.39, 0.29) is 11.8 Å². The number of piperidine rings is 1. The zero-order chi connectivity index (χ0) is 11.4. The Balaban J connectivity index is 1.70. The largest absolute Gasteiger partial charge is 0.355 e. The Kier molecular flexibility index (Phi) is 3.85. The molecule has 1 aliphatic carbocycles. The quantitative estimate of drug-likeness (QED) is 0.746. The van der Waals surface area contributed by atoms with Crippen LogP contribution in [-0.4, -0.2) is 25.5 Å². The highest BCUT2D eigenvalue weighted by Gasteiger charge is 2.41. The SMILES string of the molecule is CCCC1(CNC(=O)[C@H]2CCCNC2)CC1. The maximum absolute atomic E-state index is 11.9. The molecule has 1 saturated carbocycles. The van der Waals surface area contributed by atoms with E-state index in [1.165, 1.54) is 25.7 Å². The summed E-state index contributed by atoms with van der Waals surface area (Å²) in [5.41, 5.74) is 0.479. The van der Waals surface area contributed by atoms with E-state index in [1.807, 2.05) is 0 Å². The molecule has 1 amide bonds. The van der Waals surface area contributed by atoms with E-state index >= 15 is 0 Å². The zero-order valence-electron chi connectivity index (χ0n) is 10.3. The van der Waals surface area contributed by atoms with Crippen LogP contribution in [0.3, 0.4) is 0 Å². The van der Waals surface area contributed by atoms with E-state index in [0.717, 1.165) is 32.5 Å². The number of carbonyl (C=O) groups excluding carboxylic acids is 1. The van der Waals surface area contributed by atoms with Crippen LogP contribution in [0.2, 0.25) is 0 Å². The highest BCUT2D eigenvalue weighted by molar-refractivity contribution is 5.79. The van der Waals surface area contributed by atoms with Gasteiger partial charge in [-0.15, -0.1) is 0 Å². The van der Waals surface area contributed by atoms with Gasteiger partial charge in [0.15, 0.2) is 0 Å². The first kappa shape index (κ1) is 11.9. The van der Waals surface area contributed by atoms with E-state index in [1.54, 1.807) is 0 Å². The Bertz CT molecular complexity index is 242. The summed E-state index contributed by atoms with van der Waals surface area (Å²) in [6.07, 6.45) is 7.32. The summed E-state index contributed by atoms with van der Waals surface area (Å²) in [5, 5.41) is 6.45. The predicted octanol–water partition coefficient (Wildman–Crippen LogP) is 1.68. The van der Waals surface area contributed by atoms with Crippen LogP contribution in [-0.2, 0) is 4.79 Å². The monoisotopic (exact) mass is 224 g/mol. The van der Waals surface area contributed by atoms with Crippen LogP contribution in [0, 0.1) is 11.3 Å². The van der Waals surface area contributed by atoms with Crippen molar-refractivity contribution < 1.29 is 4.79 Å². The van der Waals surface area contributed by atoms with E-state index < -0.39 is 0 Å². The number of rotatable bonds is 5. The minimum Gasteiger partial charge on any atom is -0.355 e. The lowest BCUT2D eigenvalue weighted by Gasteiger charge is -2.23. The molecule has 0 aromatic heterocycles. The molecule has 0 bridgehead atoms. The summed E-state index contributed by atoms with van der Waals surface area (Å²) in [5.74, 6) is 0.487. The molecule has 16 heavy (non-hydrogen) atoms. The average Bonchev–Trinajstić information content (AvgIpc) is 3.08. The Hall–Kier alpha value is -0.570. The molecular weight excluding hydrogens is 200 g/mol. The van der Waals surface area contributed by atoms with Crippen LogP contribution < -0.4 is 10.6 Å². The number of hydrogen-bond donors (Lipinski definition) is 2. The van der Waals surface area contributed by atoms with Gasteiger partial charge in [0.25, 0.3) is 0 Å². The van der Waals surface area contributed by atoms with E-state index in [4.69, 9.17) is 0 Å². The van der Waals surface area contributed by atoms with Crippen molar-refractivity contribution >= 4 is 5.91 Å². The van der Waals surface area contributed by atoms with Crippen LogP contribution >= 0.6 is 0 Å². The Labute approximate surface area is 98.4 Å². The van der Waals surface area contributed by atoms with Crippen molar-refractivity contribution in [3.8, 4) is 0 Å². The summed E-state index contributed by atoms with van der Waals surface area (Å²) < 4.78 is 0. The number of nitrogens with one attached hydrogen (secondary N) is 2. The maximum atomic E-state index is 11.9. The first-order chi connectivity index (χ1) is 7.76. The third-order valence-corrected chi connectivity index (χ3v) is 4.04. The lowest BCUT2D eigenvalue weighted by Crippen LogP contribution is -2.42. The Morgan fingerprint density at radius 2 is 2.31 bits per heavy atom. The molecule has 3 nitrogen and oxygen atoms in total. The van der Waals surface area contributed by atoms with Gasteiger partial charge in [0.2, 0.25) is 5.91 Å². The topological polar surface area (TPSA) is 41.1 Å². The molecule has 0 spiro atoms. The molecule has 92 valence electrons. The summed E-state index contributed by atoms with van der Waals surface area (Å²) >= 11 is 0. The van der Waals surface area contributed by atoms with Crippen molar-refractivity contribution in [2.75, 3.05) is 19.6 Å². The highest BCUT2D eigenvalue weighted by Crippen LogP contribution is 2.48. The molecule has 1 atom stereocenters. The van der Waals surface area contributed by atoms with Gasteiger partial charge in [-0.1, -0.05) is 13.3 Å². The predicted molar refractivity (Wildman–Crippen MR) is 65.2 cm³/mol. The van der Waals surface area contributed by atoms with Gasteiger partial charge < -0.3 is 10.6 Å². The number of hydrogen-bond acceptors (Lipinski definition) is 2. The lowest BCUT2D eigenvalue weighted by atomic mass is 9.97. The van der Waals surface area contributed by atoms with Gasteiger partial charge >= 0.3 is 0 Å². The smallest absolute Gasteiger partial charge is 0.224 e. The normalized spacial score (nSPS) is 27.4. The maximum Gasteiger partial charge on any atom is 0.224 e. The standard InChI is InChI=1S/C13H24N2O/c1-2-5-13(6-7-13)10-15-12(16)11-4-3-8-14-9-11/h11,14H,2-10H2,1H3,(H,15,16)/t11-/m0/s1. The second-order valence-electron chi connectivity index (χ2n) is 5.51. The van der Waals surface area contributed by atoms with Gasteiger partial charge in [0, 0.05) is 13.1 Å². The summed E-state index contributed by atoms with van der Waals surface area (Å²) in [4.78, 5) is 11.9. The zero-order valence-corrected chi connectivity index (χ0v) is 10.3. The van der Waals surface area contributed by atoms with Crippen molar-refractivity contribution in [2.24, 2.45) is 11.3 Å². The second-order valence-corrected chi connectivity index (χ2v) is 5.51. The second kappa shape index (κ2) is 5.17. The minimum absolute atomic E-state index is 0.214. The van der Waals surface area contributed by atoms with Crippen molar-refractivity contribution in [1.82, 2.24) is 10.6 Å². The fourth-order valence-electron chi connectivity index (χ4n) is 2.72. The lowest BCUT2D eigenvalue weighted by molar-refractivity contribution is -0.125. The van der Waals surface area contributed by atoms with Crippen LogP contribution in [0.15, 0.2) is 0 Å². The van der Waals surface area contributed by atoms with Crippen LogP contribution in [0.25, 0.3) is 0 Å². The summed E-state index contributed by atoms with van der Waals surface area (Å²) in [6.45, 7) is 5.08. The van der Waals surface area contributed by atoms with Crippen LogP contribution in [0.4, 0.5) is 0 Å². The van der Waals surface area contributed by atoms with Crippen molar-refractivity contribution in [3.63, 3.8) is 0 Å². The molecule has 0 radical (unpaired) electrons. The van der Waals surface area contributed by atoms with Crippen molar-refractivity contribution in [3.05, 3.63) is 0 Å². The van der Waals surface area contributed by atoms with Crippen molar-refractivity contribution in [1.29, 1.82) is 0 Å². The van der Waals surface area contributed by atoms with E-state index in [0.29, 0.717) is 5.41 Å². The number of amides is 1. The molecule has 1 aliphatic heterocycles. The van der Waals surface area contributed by atoms with Gasteiger partial charge in [-0.25, -0.2) is 0 Å². The number of carbonyl (C=O) groups is 1. The molecule has 0 unspecified atom stereocenters. The van der Waals surface area contributed by atoms with E-state index in [9.17, 15) is 4.79 Å². The van der Waals surface area contributed by atoms with Gasteiger partial charge in [-0.05, 0) is 44.1 Å². The molecule has 2 aliphatic rings. The molecule has 1 heterocycles. The molecular formula is C13H24N2O. The minimum atomic E-state index is 0.214. The summed E-state index contributed by atoms with van der Waals surface area (Å²) in [7, 11) is 0. The first-order valence-corrected chi connectivity index (χ1v) is 6.74.